The van der Waals surface area contributed by atoms with Crippen molar-refractivity contribution in [1.29, 1.82) is 0 Å². The second-order valence-electron chi connectivity index (χ2n) is 11.3. The molecule has 3 saturated heterocycles. The van der Waals surface area contributed by atoms with Gasteiger partial charge in [0.2, 0.25) is 20.0 Å². The summed E-state index contributed by atoms with van der Waals surface area (Å²) in [7, 11) is -6.65. The van der Waals surface area contributed by atoms with E-state index in [2.05, 4.69) is 44.7 Å². The van der Waals surface area contributed by atoms with Gasteiger partial charge in [-0.25, -0.2) is 21.6 Å². The number of rotatable bonds is 6. The number of piperazine rings is 1. The van der Waals surface area contributed by atoms with E-state index >= 15 is 0 Å². The minimum absolute atomic E-state index is 0.0288. The molecule has 1 spiro atoms. The molecule has 220 valence electrons. The third-order valence-corrected chi connectivity index (χ3v) is 10.3. The highest BCUT2D eigenvalue weighted by Gasteiger charge is 2.44. The third kappa shape index (κ3) is 6.29. The molecule has 5 rings (SSSR count). The van der Waals surface area contributed by atoms with Crippen molar-refractivity contribution >= 4 is 37.6 Å². The van der Waals surface area contributed by atoms with Crippen molar-refractivity contribution in [2.24, 2.45) is 0 Å². The number of piperidine rings is 1. The lowest BCUT2D eigenvalue weighted by atomic mass is 9.84. The minimum Gasteiger partial charge on any atom is -0.369 e. The summed E-state index contributed by atoms with van der Waals surface area (Å²) < 4.78 is 52.0. The maximum Gasteiger partial charge on any atom is 0.344 e. The van der Waals surface area contributed by atoms with Crippen LogP contribution in [0, 0.1) is 6.92 Å². The fourth-order valence-electron chi connectivity index (χ4n) is 6.31. The SMILES string of the molecule is Cc1ccc(CN2CCCC23CCN(C(=O)n2ccc(NS(C)(=O)=O)n2)CC3)c(N2CCN(S(C)(=O)=O)CC2)c1. The van der Waals surface area contributed by atoms with Gasteiger partial charge in [0.15, 0.2) is 5.82 Å². The number of aromatic nitrogens is 2. The Balaban J connectivity index is 1.25. The summed E-state index contributed by atoms with van der Waals surface area (Å²) >= 11 is 0. The topological polar surface area (TPSA) is 128 Å². The van der Waals surface area contributed by atoms with E-state index in [1.165, 1.54) is 40.0 Å². The Morgan fingerprint density at radius 1 is 0.950 bits per heavy atom. The Morgan fingerprint density at radius 2 is 1.65 bits per heavy atom. The number of carbonyl (C=O) groups excluding carboxylic acids is 1. The zero-order chi connectivity index (χ0) is 28.7. The quantitative estimate of drug-likeness (QED) is 0.537. The van der Waals surface area contributed by atoms with Crippen LogP contribution in [0.3, 0.4) is 0 Å². The van der Waals surface area contributed by atoms with Gasteiger partial charge >= 0.3 is 6.03 Å². The van der Waals surface area contributed by atoms with Gasteiger partial charge in [-0.15, -0.1) is 5.10 Å². The number of sulfonamides is 2. The van der Waals surface area contributed by atoms with Crippen LogP contribution in [0.5, 0.6) is 0 Å². The molecule has 40 heavy (non-hydrogen) atoms. The molecule has 14 heteroatoms. The lowest BCUT2D eigenvalue weighted by Crippen LogP contribution is -2.53. The van der Waals surface area contributed by atoms with Gasteiger partial charge in [0.1, 0.15) is 0 Å². The number of likely N-dealkylation sites (tertiary alicyclic amines) is 2. The van der Waals surface area contributed by atoms with Crippen LogP contribution in [-0.2, 0) is 26.6 Å². The van der Waals surface area contributed by atoms with Gasteiger partial charge in [-0.05, 0) is 56.3 Å². The average Bonchev–Trinajstić information content (AvgIpc) is 3.50. The maximum atomic E-state index is 13.1. The Bertz CT molecular complexity index is 1460. The van der Waals surface area contributed by atoms with Gasteiger partial charge in [0, 0.05) is 69.3 Å². The van der Waals surface area contributed by atoms with Crippen LogP contribution in [0.1, 0.15) is 36.8 Å². The number of hydrogen-bond donors (Lipinski definition) is 1. The second kappa shape index (κ2) is 11.0. The fourth-order valence-corrected chi connectivity index (χ4v) is 7.62. The molecule has 0 saturated carbocycles. The summed E-state index contributed by atoms with van der Waals surface area (Å²) in [5.41, 5.74) is 3.64. The lowest BCUT2D eigenvalue weighted by Gasteiger charge is -2.45. The highest BCUT2D eigenvalue weighted by atomic mass is 32.2. The summed E-state index contributed by atoms with van der Waals surface area (Å²) in [6, 6.07) is 7.79. The molecule has 1 aromatic carbocycles. The number of aryl methyl sites for hydroxylation is 1. The number of amides is 1. The van der Waals surface area contributed by atoms with Crippen LogP contribution in [0.4, 0.5) is 16.3 Å². The summed E-state index contributed by atoms with van der Waals surface area (Å²) in [6.07, 6.45) is 7.73. The Morgan fingerprint density at radius 3 is 2.30 bits per heavy atom. The highest BCUT2D eigenvalue weighted by molar-refractivity contribution is 7.92. The molecule has 0 unspecified atom stereocenters. The van der Waals surface area contributed by atoms with E-state index in [1.807, 2.05) is 0 Å². The molecule has 0 atom stereocenters. The molecule has 12 nitrogen and oxygen atoms in total. The number of nitrogens with zero attached hydrogens (tertiary/aromatic N) is 6. The zero-order valence-electron chi connectivity index (χ0n) is 23.4. The van der Waals surface area contributed by atoms with Crippen LogP contribution >= 0.6 is 0 Å². The van der Waals surface area contributed by atoms with Crippen molar-refractivity contribution in [3.8, 4) is 0 Å². The minimum atomic E-state index is -3.47. The van der Waals surface area contributed by atoms with Crippen molar-refractivity contribution in [2.45, 2.75) is 44.7 Å². The van der Waals surface area contributed by atoms with Crippen molar-refractivity contribution < 1.29 is 21.6 Å². The molecule has 0 radical (unpaired) electrons. The predicted octanol–water partition coefficient (Wildman–Crippen LogP) is 1.74. The zero-order valence-corrected chi connectivity index (χ0v) is 25.0. The van der Waals surface area contributed by atoms with Gasteiger partial charge in [0.05, 0.1) is 12.5 Å². The largest absolute Gasteiger partial charge is 0.369 e. The lowest BCUT2D eigenvalue weighted by molar-refractivity contribution is 0.0585. The van der Waals surface area contributed by atoms with Crippen LogP contribution in [0.25, 0.3) is 0 Å². The van der Waals surface area contributed by atoms with Gasteiger partial charge in [-0.2, -0.15) is 8.99 Å². The summed E-state index contributed by atoms with van der Waals surface area (Å²) in [4.78, 5) is 19.8. The summed E-state index contributed by atoms with van der Waals surface area (Å²) in [5, 5.41) is 4.09. The third-order valence-electron chi connectivity index (χ3n) is 8.43. The molecule has 0 bridgehead atoms. The Labute approximate surface area is 237 Å². The van der Waals surface area contributed by atoms with Crippen LogP contribution in [-0.4, -0.2) is 111 Å². The normalized spacial score (nSPS) is 20.8. The highest BCUT2D eigenvalue weighted by Crippen LogP contribution is 2.40. The molecule has 2 aromatic rings. The number of benzene rings is 1. The van der Waals surface area contributed by atoms with E-state index in [0.29, 0.717) is 39.3 Å². The van der Waals surface area contributed by atoms with Crippen molar-refractivity contribution in [3.05, 3.63) is 41.6 Å². The van der Waals surface area contributed by atoms with E-state index < -0.39 is 20.0 Å². The van der Waals surface area contributed by atoms with Crippen molar-refractivity contribution in [1.82, 2.24) is 23.9 Å². The van der Waals surface area contributed by atoms with Crippen LogP contribution in [0.15, 0.2) is 30.5 Å². The monoisotopic (exact) mass is 593 g/mol. The van der Waals surface area contributed by atoms with E-state index in [4.69, 9.17) is 0 Å². The fraction of sp³-hybridized carbons (Fsp3) is 0.615. The van der Waals surface area contributed by atoms with Gasteiger partial charge < -0.3 is 9.80 Å². The molecule has 3 aliphatic heterocycles. The van der Waals surface area contributed by atoms with Gasteiger partial charge in [-0.3, -0.25) is 9.62 Å². The molecule has 1 N–H and O–H groups in total. The number of nitrogens with one attached hydrogen (secondary N) is 1. The second-order valence-corrected chi connectivity index (χ2v) is 15.1. The predicted molar refractivity (Wildman–Crippen MR) is 154 cm³/mol. The number of hydrogen-bond acceptors (Lipinski definition) is 8. The molecular formula is C26H39N7O5S2. The first-order valence-corrected chi connectivity index (χ1v) is 17.4. The van der Waals surface area contributed by atoms with Gasteiger partial charge in [-0.1, -0.05) is 12.1 Å². The first kappa shape index (κ1) is 28.8. The molecular weight excluding hydrogens is 554 g/mol. The van der Waals surface area contributed by atoms with Gasteiger partial charge in [0.25, 0.3) is 0 Å². The van der Waals surface area contributed by atoms with E-state index in [1.54, 1.807) is 9.21 Å². The standard InChI is InChI=1S/C26H39N7O5S2/c1-21-5-6-22(23(19-21)29-15-17-32(18-16-29)40(3,37)38)20-31-11-4-8-26(31)9-13-30(14-10-26)25(34)33-12-7-24(27-33)28-39(2,35)36/h5-7,12,19H,4,8-11,13-18,20H2,1-3H3,(H,27,28). The first-order chi connectivity index (χ1) is 18.8. The maximum absolute atomic E-state index is 13.1. The van der Waals surface area contributed by atoms with E-state index in [-0.39, 0.29) is 17.4 Å². The van der Waals surface area contributed by atoms with Crippen LogP contribution < -0.4 is 9.62 Å². The molecule has 1 aromatic heterocycles. The molecule has 4 heterocycles. The summed E-state index contributed by atoms with van der Waals surface area (Å²) in [5.74, 6) is 0.123. The number of anilines is 2. The van der Waals surface area contributed by atoms with Crippen molar-refractivity contribution in [3.63, 3.8) is 0 Å². The summed E-state index contributed by atoms with van der Waals surface area (Å²) in [6.45, 7) is 7.44. The smallest absolute Gasteiger partial charge is 0.344 e. The molecule has 0 aliphatic carbocycles. The Hall–Kier alpha value is -2.68. The van der Waals surface area contributed by atoms with Crippen molar-refractivity contribution in [2.75, 3.05) is 67.9 Å². The average molecular weight is 594 g/mol. The van der Waals surface area contributed by atoms with E-state index in [9.17, 15) is 21.6 Å². The number of carbonyl (C=O) groups is 1. The Kier molecular flexibility index (Phi) is 7.89. The first-order valence-electron chi connectivity index (χ1n) is 13.7. The molecule has 3 fully saturated rings. The molecule has 1 amide bonds. The van der Waals surface area contributed by atoms with Crippen LogP contribution in [0.2, 0.25) is 0 Å². The van der Waals surface area contributed by atoms with E-state index in [0.717, 1.165) is 45.0 Å². The molecule has 3 aliphatic rings.